The Balaban J connectivity index is 1.33. The highest BCUT2D eigenvalue weighted by Gasteiger charge is 2.26. The van der Waals surface area contributed by atoms with Crippen LogP contribution in [0.5, 0.6) is 0 Å². The molecule has 0 unspecified atom stereocenters. The molecule has 5 nitrogen and oxygen atoms in total. The molecule has 0 saturated carbocycles. The number of benzene rings is 2. The zero-order valence-corrected chi connectivity index (χ0v) is 17.0. The predicted molar refractivity (Wildman–Crippen MR) is 115 cm³/mol. The summed E-state index contributed by atoms with van der Waals surface area (Å²) < 4.78 is 13.1. The first kappa shape index (κ1) is 19.5. The fraction of sp³-hybridized carbons (Fsp3) is 0.273. The van der Waals surface area contributed by atoms with Crippen molar-refractivity contribution in [3.63, 3.8) is 0 Å². The predicted octanol–water partition coefficient (Wildman–Crippen LogP) is 4.05. The van der Waals surface area contributed by atoms with E-state index in [9.17, 15) is 9.18 Å². The first-order chi connectivity index (χ1) is 14.1. The molecule has 7 heteroatoms. The van der Waals surface area contributed by atoms with Crippen molar-refractivity contribution in [1.82, 2.24) is 14.9 Å². The molecular weight excluding hydrogens is 387 g/mol. The molecule has 1 amide bonds. The summed E-state index contributed by atoms with van der Waals surface area (Å²) in [6, 6.07) is 16.5. The second-order valence-corrected chi connectivity index (χ2v) is 8.35. The molecule has 1 aliphatic heterocycles. The topological polar surface area (TPSA) is 52.2 Å². The van der Waals surface area contributed by atoms with Crippen molar-refractivity contribution < 1.29 is 9.18 Å². The van der Waals surface area contributed by atoms with Crippen molar-refractivity contribution in [3.8, 4) is 11.3 Å². The summed E-state index contributed by atoms with van der Waals surface area (Å²) in [6.07, 6.45) is 1.71. The molecule has 0 radical (unpaired) electrons. The largest absolute Gasteiger partial charge is 0.368 e. The lowest BCUT2D eigenvalue weighted by atomic mass is 10.2. The maximum Gasteiger partial charge on any atom is 0.236 e. The average molecular weight is 411 g/mol. The number of H-pyrrole nitrogens is 1. The van der Waals surface area contributed by atoms with Crippen molar-refractivity contribution in [3.05, 3.63) is 66.6 Å². The molecule has 1 atom stereocenters. The summed E-state index contributed by atoms with van der Waals surface area (Å²) in [5, 5.41) is 0.457. The Morgan fingerprint density at radius 3 is 2.45 bits per heavy atom. The number of nitrogens with one attached hydrogen (secondary N) is 1. The van der Waals surface area contributed by atoms with Gasteiger partial charge < -0.3 is 14.8 Å². The number of nitrogens with zero attached hydrogens (tertiary/aromatic N) is 3. The van der Waals surface area contributed by atoms with E-state index in [0.717, 1.165) is 37.4 Å². The standard InChI is InChI=1S/C22H23FN4OS/c1-16(29-22-24-15-20(25-22)17-7-9-18(23)10-8-17)21(28)27-13-11-26(12-14-27)19-5-3-2-4-6-19/h2-10,15-16H,11-14H2,1H3,(H,24,25)/t16-/m0/s1. The van der Waals surface area contributed by atoms with Gasteiger partial charge in [-0.05, 0) is 48.9 Å². The van der Waals surface area contributed by atoms with Gasteiger partial charge in [-0.15, -0.1) is 0 Å². The van der Waals surface area contributed by atoms with Crippen LogP contribution in [0, 0.1) is 5.82 Å². The fourth-order valence-electron chi connectivity index (χ4n) is 3.44. The Morgan fingerprint density at radius 2 is 1.76 bits per heavy atom. The monoisotopic (exact) mass is 410 g/mol. The van der Waals surface area contributed by atoms with Gasteiger partial charge in [0.05, 0.1) is 17.1 Å². The van der Waals surface area contributed by atoms with Gasteiger partial charge in [0.15, 0.2) is 5.16 Å². The van der Waals surface area contributed by atoms with Crippen molar-refractivity contribution >= 4 is 23.4 Å². The molecule has 1 N–H and O–H groups in total. The number of carbonyl (C=O) groups excluding carboxylic acids is 1. The highest BCUT2D eigenvalue weighted by molar-refractivity contribution is 8.00. The lowest BCUT2D eigenvalue weighted by Crippen LogP contribution is -2.50. The van der Waals surface area contributed by atoms with Crippen LogP contribution in [0.2, 0.25) is 0 Å². The van der Waals surface area contributed by atoms with Crippen LogP contribution >= 0.6 is 11.8 Å². The number of anilines is 1. The SMILES string of the molecule is C[C@H](Sc1ncc(-c2ccc(F)cc2)[nH]1)C(=O)N1CCN(c2ccccc2)CC1. The Bertz CT molecular complexity index is 952. The smallest absolute Gasteiger partial charge is 0.236 e. The summed E-state index contributed by atoms with van der Waals surface area (Å²) in [5.41, 5.74) is 2.87. The molecule has 1 aliphatic rings. The summed E-state index contributed by atoms with van der Waals surface area (Å²) in [7, 11) is 0. The number of thioether (sulfide) groups is 1. The van der Waals surface area contributed by atoms with Gasteiger partial charge in [-0.1, -0.05) is 30.0 Å². The maximum atomic E-state index is 13.1. The number of para-hydroxylation sites is 1. The quantitative estimate of drug-likeness (QED) is 0.645. The number of hydrogen-bond acceptors (Lipinski definition) is 4. The zero-order valence-electron chi connectivity index (χ0n) is 16.2. The zero-order chi connectivity index (χ0) is 20.2. The molecule has 0 aliphatic carbocycles. The van der Waals surface area contributed by atoms with Gasteiger partial charge >= 0.3 is 0 Å². The Labute approximate surface area is 173 Å². The van der Waals surface area contributed by atoms with Crippen LogP contribution in [0.25, 0.3) is 11.3 Å². The summed E-state index contributed by atoms with van der Waals surface area (Å²) in [6.45, 7) is 5.02. The van der Waals surface area contributed by atoms with Gasteiger partial charge in [-0.3, -0.25) is 4.79 Å². The second kappa shape index (κ2) is 8.69. The number of halogens is 1. The highest BCUT2D eigenvalue weighted by Crippen LogP contribution is 2.26. The van der Waals surface area contributed by atoms with E-state index >= 15 is 0 Å². The fourth-order valence-corrected chi connectivity index (χ4v) is 4.31. The molecule has 0 bridgehead atoms. The second-order valence-electron chi connectivity index (χ2n) is 7.02. The number of imidazole rings is 1. The summed E-state index contributed by atoms with van der Waals surface area (Å²) >= 11 is 1.42. The molecule has 1 saturated heterocycles. The minimum absolute atomic E-state index is 0.127. The van der Waals surface area contributed by atoms with E-state index in [0.29, 0.717) is 5.16 Å². The van der Waals surface area contributed by atoms with Crippen LogP contribution in [-0.4, -0.2) is 52.2 Å². The average Bonchev–Trinajstić information content (AvgIpc) is 3.23. The van der Waals surface area contributed by atoms with Gasteiger partial charge in [0.2, 0.25) is 5.91 Å². The number of hydrogen-bond donors (Lipinski definition) is 1. The van der Waals surface area contributed by atoms with Crippen molar-refractivity contribution in [2.24, 2.45) is 0 Å². The lowest BCUT2D eigenvalue weighted by molar-refractivity contribution is -0.130. The molecule has 3 aromatic rings. The highest BCUT2D eigenvalue weighted by atomic mass is 32.2. The number of piperazine rings is 1. The molecule has 1 aromatic heterocycles. The van der Waals surface area contributed by atoms with Gasteiger partial charge in [0, 0.05) is 31.9 Å². The first-order valence-electron chi connectivity index (χ1n) is 9.66. The van der Waals surface area contributed by atoms with Crippen LogP contribution in [-0.2, 0) is 4.79 Å². The summed E-state index contributed by atoms with van der Waals surface area (Å²) in [5.74, 6) is -0.142. The van der Waals surface area contributed by atoms with Gasteiger partial charge in [-0.25, -0.2) is 9.37 Å². The Kier molecular flexibility index (Phi) is 5.85. The number of aromatic amines is 1. The Hall–Kier alpha value is -2.80. The number of aromatic nitrogens is 2. The third-order valence-electron chi connectivity index (χ3n) is 5.06. The van der Waals surface area contributed by atoms with E-state index in [1.54, 1.807) is 18.3 Å². The van der Waals surface area contributed by atoms with Crippen molar-refractivity contribution in [2.45, 2.75) is 17.3 Å². The van der Waals surface area contributed by atoms with E-state index < -0.39 is 0 Å². The van der Waals surface area contributed by atoms with Gasteiger partial charge in [0.1, 0.15) is 5.82 Å². The number of rotatable bonds is 5. The molecular formula is C22H23FN4OS. The summed E-state index contributed by atoms with van der Waals surface area (Å²) in [4.78, 5) is 24.7. The first-order valence-corrected chi connectivity index (χ1v) is 10.5. The van der Waals surface area contributed by atoms with Crippen molar-refractivity contribution in [1.29, 1.82) is 0 Å². The third-order valence-corrected chi connectivity index (χ3v) is 6.04. The minimum Gasteiger partial charge on any atom is -0.368 e. The molecule has 2 aromatic carbocycles. The van der Waals surface area contributed by atoms with Crippen LogP contribution in [0.3, 0.4) is 0 Å². The normalized spacial score (nSPS) is 15.4. The molecule has 2 heterocycles. The van der Waals surface area contributed by atoms with E-state index in [4.69, 9.17) is 0 Å². The molecule has 4 rings (SSSR count). The lowest BCUT2D eigenvalue weighted by Gasteiger charge is -2.37. The van der Waals surface area contributed by atoms with E-state index in [1.165, 1.54) is 29.6 Å². The Morgan fingerprint density at radius 1 is 1.07 bits per heavy atom. The van der Waals surface area contributed by atoms with Crippen LogP contribution in [0.15, 0.2) is 66.0 Å². The van der Waals surface area contributed by atoms with Crippen molar-refractivity contribution in [2.75, 3.05) is 31.1 Å². The molecule has 0 spiro atoms. The van der Waals surface area contributed by atoms with Crippen LogP contribution in [0.1, 0.15) is 6.92 Å². The molecule has 1 fully saturated rings. The number of carbonyl (C=O) groups is 1. The van der Waals surface area contributed by atoms with Gasteiger partial charge in [0.25, 0.3) is 0 Å². The van der Waals surface area contributed by atoms with Crippen LogP contribution < -0.4 is 4.90 Å². The van der Waals surface area contributed by atoms with E-state index in [2.05, 4.69) is 27.0 Å². The van der Waals surface area contributed by atoms with E-state index in [-0.39, 0.29) is 17.0 Å². The molecule has 150 valence electrons. The molecule has 29 heavy (non-hydrogen) atoms. The minimum atomic E-state index is -0.269. The maximum absolute atomic E-state index is 13.1. The number of amides is 1. The van der Waals surface area contributed by atoms with Crippen LogP contribution in [0.4, 0.5) is 10.1 Å². The van der Waals surface area contributed by atoms with E-state index in [1.807, 2.05) is 30.0 Å². The third kappa shape index (κ3) is 4.62. The van der Waals surface area contributed by atoms with Gasteiger partial charge in [-0.2, -0.15) is 0 Å².